The normalized spacial score (nSPS) is 12.7. The van der Waals surface area contributed by atoms with Gasteiger partial charge in [0.05, 0.1) is 22.7 Å². The number of fused-ring (bicyclic) bond motifs is 6. The first-order valence-electron chi connectivity index (χ1n) is 20.2. The van der Waals surface area contributed by atoms with Crippen molar-refractivity contribution in [3.05, 3.63) is 181 Å². The molecule has 0 aliphatic rings. The van der Waals surface area contributed by atoms with E-state index in [-0.39, 0.29) is 10.8 Å². The molecule has 10 aromatic rings. The highest BCUT2D eigenvalue weighted by Gasteiger charge is 2.44. The Morgan fingerprint density at radius 3 is 1.52 bits per heavy atom. The fourth-order valence-corrected chi connectivity index (χ4v) is 13.7. The Hall–Kier alpha value is -6.50. The third-order valence-electron chi connectivity index (χ3n) is 12.1. The van der Waals surface area contributed by atoms with Crippen LogP contribution in [0.15, 0.2) is 170 Å². The fraction of sp³-hybridized carbons (Fsp3) is 0.154. The van der Waals surface area contributed by atoms with Crippen LogP contribution < -0.4 is 20.9 Å². The molecule has 0 saturated heterocycles. The largest absolute Gasteiger partial charge is 0.294 e. The van der Waals surface area contributed by atoms with E-state index in [1.54, 1.807) is 0 Å². The van der Waals surface area contributed by atoms with Crippen molar-refractivity contribution in [2.75, 3.05) is 0 Å². The Kier molecular flexibility index (Phi) is 8.22. The summed E-state index contributed by atoms with van der Waals surface area (Å²) in [6.07, 6.45) is 1.94. The first kappa shape index (κ1) is 35.9. The molecule has 5 nitrogen and oxygen atoms in total. The van der Waals surface area contributed by atoms with Gasteiger partial charge in [-0.3, -0.25) is 14.2 Å². The van der Waals surface area contributed by atoms with Gasteiger partial charge in [-0.15, -0.1) is 0 Å². The lowest BCUT2D eigenvalue weighted by Crippen LogP contribution is -2.75. The van der Waals surface area contributed by atoms with E-state index in [0.29, 0.717) is 0 Å². The molecule has 0 radical (unpaired) electrons. The van der Waals surface area contributed by atoms with E-state index in [9.17, 15) is 0 Å². The van der Waals surface area contributed by atoms with Gasteiger partial charge in [-0.2, -0.15) is 5.10 Å². The number of hydrogen-bond acceptors (Lipinski definition) is 2. The topological polar surface area (TPSA) is 51.4 Å². The maximum atomic E-state index is 5.85. The molecule has 0 saturated carbocycles. The van der Waals surface area contributed by atoms with Crippen LogP contribution in [0, 0.1) is 0 Å². The van der Waals surface area contributed by atoms with Crippen LogP contribution in [0.4, 0.5) is 0 Å². The van der Waals surface area contributed by atoms with Gasteiger partial charge in [-0.25, -0.2) is 4.98 Å². The van der Waals surface area contributed by atoms with E-state index < -0.39 is 8.07 Å². The molecule has 0 atom stereocenters. The molecule has 0 aliphatic heterocycles. The van der Waals surface area contributed by atoms with Gasteiger partial charge in [0.25, 0.3) is 0 Å². The van der Waals surface area contributed by atoms with Crippen molar-refractivity contribution in [1.29, 1.82) is 0 Å². The van der Waals surface area contributed by atoms with E-state index in [1.807, 2.05) is 6.20 Å². The lowest BCUT2D eigenvalue weighted by molar-refractivity contribution is 0.590. The van der Waals surface area contributed by atoms with Gasteiger partial charge in [0.15, 0.2) is 0 Å². The SMILES string of the molecule is CC(C)(C)c1ccc([Si](c2ccc(C(C)(C)C)cc2)(c2cccc(-n3c4ccccc4c4cn[nH]c43)c2)c2cccc(-n3c4ccccc4c4ccccc43)n2)cc1. The van der Waals surface area contributed by atoms with Gasteiger partial charge in [0.1, 0.15) is 11.5 Å². The van der Waals surface area contributed by atoms with Crippen LogP contribution in [0.25, 0.3) is 55.2 Å². The second-order valence-corrected chi connectivity index (χ2v) is 21.4. The lowest BCUT2D eigenvalue weighted by atomic mass is 9.87. The van der Waals surface area contributed by atoms with Gasteiger partial charge in [-0.1, -0.05) is 163 Å². The van der Waals surface area contributed by atoms with Crippen molar-refractivity contribution in [3.8, 4) is 11.5 Å². The van der Waals surface area contributed by atoms with Crippen molar-refractivity contribution in [3.63, 3.8) is 0 Å². The zero-order valence-electron chi connectivity index (χ0n) is 34.0. The third kappa shape index (κ3) is 5.58. The summed E-state index contributed by atoms with van der Waals surface area (Å²) in [5, 5.41) is 17.5. The Morgan fingerprint density at radius 1 is 0.466 bits per heavy atom. The second-order valence-electron chi connectivity index (χ2n) is 17.7. The molecule has 0 bridgehead atoms. The highest BCUT2D eigenvalue weighted by molar-refractivity contribution is 7.19. The minimum Gasteiger partial charge on any atom is -0.294 e. The Morgan fingerprint density at radius 2 is 0.966 bits per heavy atom. The molecule has 58 heavy (non-hydrogen) atoms. The quantitative estimate of drug-likeness (QED) is 0.135. The number of aromatic nitrogens is 5. The number of H-pyrrole nitrogens is 1. The molecular weight excluding hydrogens is 723 g/mol. The predicted molar refractivity (Wildman–Crippen MR) is 246 cm³/mol. The van der Waals surface area contributed by atoms with Crippen molar-refractivity contribution >= 4 is 72.7 Å². The lowest BCUT2D eigenvalue weighted by Gasteiger charge is -2.35. The maximum Gasteiger partial charge on any atom is 0.202 e. The first-order chi connectivity index (χ1) is 28.0. The molecule has 0 aliphatic carbocycles. The number of nitrogens with one attached hydrogen (secondary N) is 1. The van der Waals surface area contributed by atoms with E-state index in [0.717, 1.165) is 44.4 Å². The second kappa shape index (κ2) is 13.3. The molecule has 4 aromatic heterocycles. The summed E-state index contributed by atoms with van der Waals surface area (Å²) in [4.78, 5) is 5.85. The molecule has 0 amide bonds. The minimum absolute atomic E-state index is 0.0106. The van der Waals surface area contributed by atoms with Crippen molar-refractivity contribution in [2.24, 2.45) is 0 Å². The Labute approximate surface area is 340 Å². The standard InChI is InChI=1S/C52H47N5Si/c1-51(2,3)35-25-29-38(30-26-35)58(39-31-27-36(28-32-39)52(4,5)6,40-16-13-15-37(33-40)56-45-20-10-9-19-43(45)44-34-53-55-50(44)56)49-24-14-23-48(54-49)57-46-21-11-7-17-41(46)42-18-8-12-22-47(42)57/h7-34H,1-6H3,(H,53,55). The maximum absolute atomic E-state index is 5.85. The van der Waals surface area contributed by atoms with E-state index in [2.05, 4.69) is 225 Å². The van der Waals surface area contributed by atoms with Crippen molar-refractivity contribution in [2.45, 2.75) is 52.4 Å². The fourth-order valence-electron chi connectivity index (χ4n) is 9.12. The van der Waals surface area contributed by atoms with Crippen LogP contribution >= 0.6 is 0 Å². The minimum atomic E-state index is -3.17. The summed E-state index contributed by atoms with van der Waals surface area (Å²) < 4.78 is 4.67. The van der Waals surface area contributed by atoms with Crippen LogP contribution in [-0.4, -0.2) is 32.4 Å². The Bertz CT molecular complexity index is 3020. The predicted octanol–water partition coefficient (Wildman–Crippen LogP) is 9.97. The number of aromatic amines is 1. The number of rotatable bonds is 6. The summed E-state index contributed by atoms with van der Waals surface area (Å²) in [6.45, 7) is 13.7. The third-order valence-corrected chi connectivity index (χ3v) is 16.7. The molecule has 0 unspecified atom stereocenters. The summed E-state index contributed by atoms with van der Waals surface area (Å²) >= 11 is 0. The average Bonchev–Trinajstić information content (AvgIpc) is 3.93. The molecule has 284 valence electrons. The number of hydrogen-bond donors (Lipinski definition) is 1. The van der Waals surface area contributed by atoms with Crippen molar-refractivity contribution < 1.29 is 0 Å². The van der Waals surface area contributed by atoms with Crippen LogP contribution in [0.3, 0.4) is 0 Å². The van der Waals surface area contributed by atoms with E-state index in [1.165, 1.54) is 42.8 Å². The van der Waals surface area contributed by atoms with Crippen LogP contribution in [0.5, 0.6) is 0 Å². The van der Waals surface area contributed by atoms with Gasteiger partial charge in [0.2, 0.25) is 8.07 Å². The van der Waals surface area contributed by atoms with Crippen LogP contribution in [-0.2, 0) is 10.8 Å². The zero-order chi connectivity index (χ0) is 39.8. The molecule has 0 fully saturated rings. The van der Waals surface area contributed by atoms with Crippen LogP contribution in [0.2, 0.25) is 0 Å². The molecule has 4 heterocycles. The summed E-state index contributed by atoms with van der Waals surface area (Å²) in [6, 6.07) is 60.8. The first-order valence-corrected chi connectivity index (χ1v) is 22.2. The van der Waals surface area contributed by atoms with Gasteiger partial charge < -0.3 is 0 Å². The molecule has 6 heteroatoms. The summed E-state index contributed by atoms with van der Waals surface area (Å²) in [5.41, 5.74) is 8.15. The van der Waals surface area contributed by atoms with E-state index in [4.69, 9.17) is 4.98 Å². The highest BCUT2D eigenvalue weighted by Crippen LogP contribution is 2.33. The van der Waals surface area contributed by atoms with E-state index >= 15 is 0 Å². The molecule has 1 N–H and O–H groups in total. The summed E-state index contributed by atoms with van der Waals surface area (Å²) in [7, 11) is -3.17. The van der Waals surface area contributed by atoms with Gasteiger partial charge >= 0.3 is 0 Å². The number of para-hydroxylation sites is 3. The molecule has 6 aromatic carbocycles. The van der Waals surface area contributed by atoms with Gasteiger partial charge in [0, 0.05) is 32.5 Å². The summed E-state index contributed by atoms with van der Waals surface area (Å²) in [5.74, 6) is 0.913. The number of nitrogens with zero attached hydrogens (tertiary/aromatic N) is 4. The zero-order valence-corrected chi connectivity index (χ0v) is 35.0. The highest BCUT2D eigenvalue weighted by atomic mass is 28.3. The molecular formula is C52H47N5Si. The van der Waals surface area contributed by atoms with Crippen LogP contribution in [0.1, 0.15) is 52.7 Å². The molecule has 10 rings (SSSR count). The smallest absolute Gasteiger partial charge is 0.202 e. The number of pyridine rings is 1. The number of benzene rings is 6. The monoisotopic (exact) mass is 769 g/mol. The average molecular weight is 770 g/mol. The van der Waals surface area contributed by atoms with Crippen molar-refractivity contribution in [1.82, 2.24) is 24.3 Å². The van der Waals surface area contributed by atoms with Gasteiger partial charge in [-0.05, 0) is 80.0 Å². The Balaban J connectivity index is 1.30. The molecule has 0 spiro atoms.